The van der Waals surface area contributed by atoms with Gasteiger partial charge in [0.25, 0.3) is 5.69 Å². The molecule has 3 N–H and O–H groups in total. The Morgan fingerprint density at radius 1 is 1.50 bits per heavy atom. The molecule has 2 rings (SSSR count). The van der Waals surface area contributed by atoms with Gasteiger partial charge in [-0.05, 0) is 20.3 Å². The zero-order valence-corrected chi connectivity index (χ0v) is 10.4. The van der Waals surface area contributed by atoms with Crippen LogP contribution < -0.4 is 15.8 Å². The third-order valence-corrected chi connectivity index (χ3v) is 2.67. The molecule has 0 radical (unpaired) electrons. The minimum absolute atomic E-state index is 0.0184. The Morgan fingerprint density at radius 2 is 2.17 bits per heavy atom. The van der Waals surface area contributed by atoms with E-state index >= 15 is 0 Å². The molecule has 0 heterocycles. The minimum atomic E-state index is -0.425. The summed E-state index contributed by atoms with van der Waals surface area (Å²) in [5.41, 5.74) is 6.40. The molecule has 6 nitrogen and oxygen atoms in total. The first-order valence-corrected chi connectivity index (χ1v) is 5.94. The van der Waals surface area contributed by atoms with Crippen molar-refractivity contribution >= 4 is 11.4 Å². The maximum absolute atomic E-state index is 10.9. The second-order valence-electron chi connectivity index (χ2n) is 4.79. The molecule has 0 amide bonds. The van der Waals surface area contributed by atoms with Crippen LogP contribution in [-0.4, -0.2) is 23.1 Å². The van der Waals surface area contributed by atoms with Gasteiger partial charge in [-0.3, -0.25) is 10.1 Å². The molecule has 1 aliphatic rings. The molecule has 0 saturated heterocycles. The van der Waals surface area contributed by atoms with Crippen LogP contribution in [0.4, 0.5) is 11.4 Å². The smallest absolute Gasteiger partial charge is 0.275 e. The number of rotatable bonds is 5. The van der Waals surface area contributed by atoms with Gasteiger partial charge in [0.15, 0.2) is 0 Å². The lowest BCUT2D eigenvalue weighted by atomic mass is 10.2. The summed E-state index contributed by atoms with van der Waals surface area (Å²) in [7, 11) is 0. The third kappa shape index (κ3) is 3.10. The Kier molecular flexibility index (Phi) is 3.38. The number of nitro benzene ring substituents is 1. The molecule has 2 atom stereocenters. The van der Waals surface area contributed by atoms with E-state index in [-0.39, 0.29) is 23.9 Å². The molecule has 0 aromatic heterocycles. The van der Waals surface area contributed by atoms with Gasteiger partial charge in [-0.25, -0.2) is 0 Å². The topological polar surface area (TPSA) is 90.4 Å². The normalized spacial score (nSPS) is 21.8. The zero-order chi connectivity index (χ0) is 13.3. The molecule has 1 fully saturated rings. The number of ether oxygens (including phenoxy) is 1. The highest BCUT2D eigenvalue weighted by atomic mass is 16.6. The van der Waals surface area contributed by atoms with Gasteiger partial charge in [0, 0.05) is 29.9 Å². The van der Waals surface area contributed by atoms with Gasteiger partial charge in [-0.15, -0.1) is 0 Å². The Hall–Kier alpha value is -1.82. The summed E-state index contributed by atoms with van der Waals surface area (Å²) in [5.74, 6) is 0.496. The molecule has 1 saturated carbocycles. The van der Waals surface area contributed by atoms with Crippen molar-refractivity contribution in [3.8, 4) is 5.75 Å². The molecule has 98 valence electrons. The highest BCUT2D eigenvalue weighted by Crippen LogP contribution is 2.30. The maximum atomic E-state index is 10.9. The number of nitrogens with two attached hydrogens (primary N) is 1. The lowest BCUT2D eigenvalue weighted by Crippen LogP contribution is -2.13. The highest BCUT2D eigenvalue weighted by molar-refractivity contribution is 5.57. The summed E-state index contributed by atoms with van der Waals surface area (Å²) >= 11 is 0. The fourth-order valence-corrected chi connectivity index (χ4v) is 1.71. The van der Waals surface area contributed by atoms with Crippen LogP contribution in [0.5, 0.6) is 5.75 Å². The first kappa shape index (κ1) is 12.6. The van der Waals surface area contributed by atoms with E-state index in [1.807, 2.05) is 13.8 Å². The lowest BCUT2D eigenvalue weighted by Gasteiger charge is -2.12. The van der Waals surface area contributed by atoms with Crippen molar-refractivity contribution in [1.29, 1.82) is 0 Å². The van der Waals surface area contributed by atoms with Crippen LogP contribution in [0.1, 0.15) is 20.3 Å². The third-order valence-electron chi connectivity index (χ3n) is 2.67. The predicted molar refractivity (Wildman–Crippen MR) is 68.9 cm³/mol. The van der Waals surface area contributed by atoms with Crippen LogP contribution in [0.2, 0.25) is 0 Å². The first-order chi connectivity index (χ1) is 8.45. The highest BCUT2D eigenvalue weighted by Gasteiger charge is 2.33. The SMILES string of the molecule is CC(C)Oc1cc(NC2CC2N)cc([N+](=O)[O-])c1. The number of hydrogen-bond acceptors (Lipinski definition) is 5. The van der Waals surface area contributed by atoms with Crippen molar-refractivity contribution < 1.29 is 9.66 Å². The molecule has 0 bridgehead atoms. The maximum Gasteiger partial charge on any atom is 0.275 e. The van der Waals surface area contributed by atoms with Crippen molar-refractivity contribution in [2.24, 2.45) is 5.73 Å². The average Bonchev–Trinajstić information content (AvgIpc) is 2.92. The Bertz CT molecular complexity index is 462. The fraction of sp³-hybridized carbons (Fsp3) is 0.500. The summed E-state index contributed by atoms with van der Waals surface area (Å²) < 4.78 is 5.50. The fourth-order valence-electron chi connectivity index (χ4n) is 1.71. The summed E-state index contributed by atoms with van der Waals surface area (Å²) in [5, 5.41) is 14.0. The summed E-state index contributed by atoms with van der Waals surface area (Å²) in [4.78, 5) is 10.4. The molecular weight excluding hydrogens is 234 g/mol. The standard InChI is InChI=1S/C12H17N3O3/c1-7(2)18-10-4-8(14-12-6-11(12)13)3-9(5-10)15(16)17/h3-5,7,11-12,14H,6,13H2,1-2H3. The summed E-state index contributed by atoms with van der Waals surface area (Å²) in [6.45, 7) is 3.76. The van der Waals surface area contributed by atoms with Gasteiger partial charge in [-0.1, -0.05) is 0 Å². The molecule has 18 heavy (non-hydrogen) atoms. The quantitative estimate of drug-likeness (QED) is 0.616. The van der Waals surface area contributed by atoms with Crippen LogP contribution in [0.15, 0.2) is 18.2 Å². The van der Waals surface area contributed by atoms with Gasteiger partial charge in [0.2, 0.25) is 0 Å². The number of non-ortho nitro benzene ring substituents is 1. The molecule has 0 aliphatic heterocycles. The first-order valence-electron chi connectivity index (χ1n) is 5.94. The summed E-state index contributed by atoms with van der Waals surface area (Å²) in [6.07, 6.45) is 0.867. The van der Waals surface area contributed by atoms with E-state index in [4.69, 9.17) is 10.5 Å². The van der Waals surface area contributed by atoms with E-state index < -0.39 is 4.92 Å². The molecular formula is C12H17N3O3. The van der Waals surface area contributed by atoms with Crippen molar-refractivity contribution in [3.63, 3.8) is 0 Å². The Balaban J connectivity index is 2.21. The van der Waals surface area contributed by atoms with E-state index in [1.165, 1.54) is 12.1 Å². The second kappa shape index (κ2) is 4.81. The Morgan fingerprint density at radius 3 is 2.67 bits per heavy atom. The van der Waals surface area contributed by atoms with Gasteiger partial charge >= 0.3 is 0 Å². The van der Waals surface area contributed by atoms with Gasteiger partial charge in [-0.2, -0.15) is 0 Å². The number of hydrogen-bond donors (Lipinski definition) is 2. The minimum Gasteiger partial charge on any atom is -0.491 e. The molecule has 6 heteroatoms. The van der Waals surface area contributed by atoms with Crippen molar-refractivity contribution in [2.75, 3.05) is 5.32 Å². The molecule has 1 aliphatic carbocycles. The van der Waals surface area contributed by atoms with Crippen LogP contribution >= 0.6 is 0 Å². The largest absolute Gasteiger partial charge is 0.491 e. The van der Waals surface area contributed by atoms with Crippen LogP contribution in [0, 0.1) is 10.1 Å². The van der Waals surface area contributed by atoms with Crippen molar-refractivity contribution in [1.82, 2.24) is 0 Å². The number of nitrogens with zero attached hydrogens (tertiary/aromatic N) is 1. The predicted octanol–water partition coefficient (Wildman–Crippen LogP) is 1.89. The number of anilines is 1. The summed E-state index contributed by atoms with van der Waals surface area (Å²) in [6, 6.07) is 5.03. The van der Waals surface area contributed by atoms with Gasteiger partial charge in [0.1, 0.15) is 5.75 Å². The van der Waals surface area contributed by atoms with Crippen LogP contribution in [-0.2, 0) is 0 Å². The van der Waals surface area contributed by atoms with E-state index in [1.54, 1.807) is 6.07 Å². The zero-order valence-electron chi connectivity index (χ0n) is 10.4. The number of benzene rings is 1. The number of nitro groups is 1. The second-order valence-corrected chi connectivity index (χ2v) is 4.79. The van der Waals surface area contributed by atoms with Crippen LogP contribution in [0.25, 0.3) is 0 Å². The molecule has 1 aromatic rings. The van der Waals surface area contributed by atoms with E-state index in [9.17, 15) is 10.1 Å². The van der Waals surface area contributed by atoms with Gasteiger partial charge < -0.3 is 15.8 Å². The van der Waals surface area contributed by atoms with E-state index in [2.05, 4.69) is 5.32 Å². The van der Waals surface area contributed by atoms with E-state index in [0.29, 0.717) is 11.4 Å². The van der Waals surface area contributed by atoms with Gasteiger partial charge in [0.05, 0.1) is 17.1 Å². The molecule has 0 spiro atoms. The lowest BCUT2D eigenvalue weighted by molar-refractivity contribution is -0.384. The average molecular weight is 251 g/mol. The van der Waals surface area contributed by atoms with Crippen LogP contribution in [0.3, 0.4) is 0 Å². The number of nitrogens with one attached hydrogen (secondary N) is 1. The molecule has 1 aromatic carbocycles. The molecule has 2 unspecified atom stereocenters. The van der Waals surface area contributed by atoms with Crippen molar-refractivity contribution in [3.05, 3.63) is 28.3 Å². The Labute approximate surface area is 105 Å². The monoisotopic (exact) mass is 251 g/mol. The van der Waals surface area contributed by atoms with Crippen molar-refractivity contribution in [2.45, 2.75) is 38.5 Å². The van der Waals surface area contributed by atoms with E-state index in [0.717, 1.165) is 6.42 Å².